The van der Waals surface area contributed by atoms with Crippen LogP contribution in [0, 0.1) is 5.41 Å². The van der Waals surface area contributed by atoms with Gasteiger partial charge in [-0.3, -0.25) is 4.79 Å². The summed E-state index contributed by atoms with van der Waals surface area (Å²) in [4.78, 5) is 12.9. The van der Waals surface area contributed by atoms with Crippen LogP contribution in [0.1, 0.15) is 18.4 Å². The Morgan fingerprint density at radius 3 is 2.31 bits per heavy atom. The fourth-order valence-corrected chi connectivity index (χ4v) is 6.12. The molecule has 0 aliphatic heterocycles. The Kier molecular flexibility index (Phi) is 5.10. The lowest BCUT2D eigenvalue weighted by Crippen LogP contribution is -2.33. The molecule has 26 heavy (non-hydrogen) atoms. The standard InChI is InChI=1S/C19H20ClNO4S/c1-2-25-18(22)19(12-21)16(13-8-10-14(20)11-9-13)17(19)26(23,24)15-6-4-3-5-7-15/h3-11,16-17H,2,12,21H2,1H3/t16-,17-,19+/m0/s1. The van der Waals surface area contributed by atoms with Crippen LogP contribution in [-0.2, 0) is 19.4 Å². The van der Waals surface area contributed by atoms with Crippen molar-refractivity contribution in [3.8, 4) is 0 Å². The number of carbonyl (C=O) groups excluding carboxylic acids is 1. The van der Waals surface area contributed by atoms with Crippen LogP contribution in [0.5, 0.6) is 0 Å². The number of benzene rings is 2. The third-order valence-electron chi connectivity index (χ3n) is 4.88. The topological polar surface area (TPSA) is 86.5 Å². The van der Waals surface area contributed by atoms with Crippen molar-refractivity contribution in [1.29, 1.82) is 0 Å². The molecule has 1 aliphatic rings. The summed E-state index contributed by atoms with van der Waals surface area (Å²) in [6.07, 6.45) is 0. The van der Waals surface area contributed by atoms with Crippen molar-refractivity contribution in [2.24, 2.45) is 11.1 Å². The first-order valence-electron chi connectivity index (χ1n) is 8.31. The molecule has 0 spiro atoms. The number of hydrogen-bond acceptors (Lipinski definition) is 5. The zero-order valence-corrected chi connectivity index (χ0v) is 15.8. The quantitative estimate of drug-likeness (QED) is 0.762. The van der Waals surface area contributed by atoms with Gasteiger partial charge in [0.15, 0.2) is 9.84 Å². The van der Waals surface area contributed by atoms with Gasteiger partial charge in [0.05, 0.1) is 16.8 Å². The molecule has 0 saturated heterocycles. The Labute approximate surface area is 158 Å². The second kappa shape index (κ2) is 7.02. The van der Waals surface area contributed by atoms with E-state index in [1.807, 2.05) is 0 Å². The summed E-state index contributed by atoms with van der Waals surface area (Å²) < 4.78 is 31.7. The predicted octanol–water partition coefficient (Wildman–Crippen LogP) is 2.79. The van der Waals surface area contributed by atoms with Crippen LogP contribution in [0.15, 0.2) is 59.5 Å². The van der Waals surface area contributed by atoms with E-state index in [1.165, 1.54) is 12.1 Å². The predicted molar refractivity (Wildman–Crippen MR) is 99.7 cm³/mol. The molecule has 0 amide bonds. The molecular weight excluding hydrogens is 374 g/mol. The second-order valence-corrected chi connectivity index (χ2v) is 8.78. The lowest BCUT2D eigenvalue weighted by Gasteiger charge is -2.14. The molecule has 1 aliphatic carbocycles. The summed E-state index contributed by atoms with van der Waals surface area (Å²) >= 11 is 5.94. The second-order valence-electron chi connectivity index (χ2n) is 6.27. The van der Waals surface area contributed by atoms with Gasteiger partial charge in [-0.15, -0.1) is 0 Å². The Hall–Kier alpha value is -1.89. The largest absolute Gasteiger partial charge is 0.465 e. The Morgan fingerprint density at radius 1 is 1.15 bits per heavy atom. The molecule has 2 aromatic rings. The van der Waals surface area contributed by atoms with E-state index in [1.54, 1.807) is 49.4 Å². The molecule has 0 radical (unpaired) electrons. The number of hydrogen-bond donors (Lipinski definition) is 1. The van der Waals surface area contributed by atoms with Crippen molar-refractivity contribution in [3.63, 3.8) is 0 Å². The summed E-state index contributed by atoms with van der Waals surface area (Å²) in [5.74, 6) is -1.15. The first-order valence-corrected chi connectivity index (χ1v) is 10.2. The van der Waals surface area contributed by atoms with E-state index in [4.69, 9.17) is 22.1 Å². The molecule has 1 saturated carbocycles. The van der Waals surface area contributed by atoms with Gasteiger partial charge in [0.25, 0.3) is 0 Å². The molecule has 0 unspecified atom stereocenters. The van der Waals surface area contributed by atoms with Crippen LogP contribution in [0.25, 0.3) is 0 Å². The van der Waals surface area contributed by atoms with Crippen molar-refractivity contribution in [2.45, 2.75) is 23.0 Å². The van der Waals surface area contributed by atoms with Gasteiger partial charge < -0.3 is 10.5 Å². The third-order valence-corrected chi connectivity index (χ3v) is 7.43. The smallest absolute Gasteiger partial charge is 0.315 e. The normalized spacial score (nSPS) is 24.9. The van der Waals surface area contributed by atoms with Crippen molar-refractivity contribution < 1.29 is 17.9 Å². The summed E-state index contributed by atoms with van der Waals surface area (Å²) in [5.41, 5.74) is 5.34. The molecule has 1 fully saturated rings. The highest BCUT2D eigenvalue weighted by Gasteiger charge is 2.75. The maximum atomic E-state index is 13.2. The molecule has 2 N–H and O–H groups in total. The van der Waals surface area contributed by atoms with Crippen LogP contribution >= 0.6 is 11.6 Å². The molecule has 0 bridgehead atoms. The van der Waals surface area contributed by atoms with Crippen molar-refractivity contribution in [3.05, 3.63) is 65.2 Å². The molecule has 0 aromatic heterocycles. The van der Waals surface area contributed by atoms with Gasteiger partial charge in [0.2, 0.25) is 0 Å². The van der Waals surface area contributed by atoms with Crippen LogP contribution in [0.4, 0.5) is 0 Å². The van der Waals surface area contributed by atoms with Crippen LogP contribution < -0.4 is 5.73 Å². The minimum absolute atomic E-state index is 0.115. The SMILES string of the molecule is CCOC(=O)[C@]1(CN)[C@@H](c2ccc(Cl)cc2)[C@@H]1S(=O)(=O)c1ccccc1. The minimum atomic E-state index is -3.77. The van der Waals surface area contributed by atoms with Crippen molar-refractivity contribution in [2.75, 3.05) is 13.2 Å². The fraction of sp³-hybridized carbons (Fsp3) is 0.316. The molecule has 7 heteroatoms. The average molecular weight is 394 g/mol. The van der Waals surface area contributed by atoms with Crippen LogP contribution in [0.3, 0.4) is 0 Å². The van der Waals surface area contributed by atoms with Gasteiger partial charge in [-0.05, 0) is 36.8 Å². The summed E-state index contributed by atoms with van der Waals surface area (Å²) in [7, 11) is -3.77. The lowest BCUT2D eigenvalue weighted by atomic mass is 9.99. The number of halogens is 1. The van der Waals surface area contributed by atoms with Crippen molar-refractivity contribution >= 4 is 27.4 Å². The number of esters is 1. The fourth-order valence-electron chi connectivity index (χ4n) is 3.59. The molecular formula is C19H20ClNO4S. The number of ether oxygens (including phenoxy) is 1. The minimum Gasteiger partial charge on any atom is -0.465 e. The first-order chi connectivity index (χ1) is 12.4. The highest BCUT2D eigenvalue weighted by atomic mass is 35.5. The molecule has 3 atom stereocenters. The summed E-state index contributed by atoms with van der Waals surface area (Å²) in [6.45, 7) is 1.73. The van der Waals surface area contributed by atoms with Gasteiger partial charge in [-0.2, -0.15) is 0 Å². The van der Waals surface area contributed by atoms with Crippen molar-refractivity contribution in [1.82, 2.24) is 0 Å². The maximum absolute atomic E-state index is 13.2. The monoisotopic (exact) mass is 393 g/mol. The van der Waals surface area contributed by atoms with E-state index in [0.29, 0.717) is 10.6 Å². The Balaban J connectivity index is 2.11. The Morgan fingerprint density at radius 2 is 1.77 bits per heavy atom. The third kappa shape index (κ3) is 2.92. The number of nitrogens with two attached hydrogens (primary N) is 1. The molecule has 138 valence electrons. The number of sulfone groups is 1. The molecule has 5 nitrogen and oxygen atoms in total. The Bertz CT molecular complexity index is 899. The van der Waals surface area contributed by atoms with E-state index >= 15 is 0 Å². The average Bonchev–Trinajstić information content (AvgIpc) is 3.35. The molecule has 3 rings (SSSR count). The summed E-state index contributed by atoms with van der Waals surface area (Å²) in [6, 6.07) is 14.9. The first kappa shape index (κ1) is 18.9. The van der Waals surface area contributed by atoms with Crippen LogP contribution in [0.2, 0.25) is 5.02 Å². The van der Waals surface area contributed by atoms with E-state index in [-0.39, 0.29) is 18.0 Å². The maximum Gasteiger partial charge on any atom is 0.315 e. The van der Waals surface area contributed by atoms with E-state index in [2.05, 4.69) is 0 Å². The van der Waals surface area contributed by atoms with Gasteiger partial charge >= 0.3 is 5.97 Å². The highest BCUT2D eigenvalue weighted by Crippen LogP contribution is 2.64. The zero-order valence-electron chi connectivity index (χ0n) is 14.3. The highest BCUT2D eigenvalue weighted by molar-refractivity contribution is 7.92. The summed E-state index contributed by atoms with van der Waals surface area (Å²) in [5, 5.41) is -0.436. The lowest BCUT2D eigenvalue weighted by molar-refractivity contribution is -0.149. The number of rotatable bonds is 6. The molecule has 2 aromatic carbocycles. The van der Waals surface area contributed by atoms with Gasteiger partial charge in [-0.1, -0.05) is 41.9 Å². The van der Waals surface area contributed by atoms with E-state index < -0.39 is 32.4 Å². The molecule has 0 heterocycles. The van der Waals surface area contributed by atoms with Gasteiger partial charge in [0.1, 0.15) is 5.41 Å². The van der Waals surface area contributed by atoms with Crippen LogP contribution in [-0.4, -0.2) is 32.8 Å². The van der Waals surface area contributed by atoms with E-state index in [0.717, 1.165) is 0 Å². The zero-order chi connectivity index (χ0) is 18.9. The van der Waals surface area contributed by atoms with Gasteiger partial charge in [0, 0.05) is 17.5 Å². The number of carbonyl (C=O) groups is 1. The van der Waals surface area contributed by atoms with Gasteiger partial charge in [-0.25, -0.2) is 8.42 Å². The van der Waals surface area contributed by atoms with E-state index in [9.17, 15) is 13.2 Å².